The van der Waals surface area contributed by atoms with Gasteiger partial charge in [0.1, 0.15) is 5.76 Å². The standard InChI is InChI=1S/C23H23BrO2/c1-16-5-7-18(8-6-16)21-15-20(17-9-11-19(24)12-10-17)23(22(25)26-21)13-3-2-4-14-23/h5-12,15,20H,2-4,13-14H2,1H3. The lowest BCUT2D eigenvalue weighted by molar-refractivity contribution is -0.153. The molecular weight excluding hydrogens is 388 g/mol. The predicted octanol–water partition coefficient (Wildman–Crippen LogP) is 6.39. The lowest BCUT2D eigenvalue weighted by atomic mass is 9.62. The third-order valence-corrected chi connectivity index (χ3v) is 6.36. The minimum Gasteiger partial charge on any atom is -0.426 e. The van der Waals surface area contributed by atoms with Crippen LogP contribution in [-0.2, 0) is 9.53 Å². The van der Waals surface area contributed by atoms with Crippen molar-refractivity contribution in [3.8, 4) is 0 Å². The fraction of sp³-hybridized carbons (Fsp3) is 0.348. The molecule has 2 aliphatic rings. The molecule has 1 saturated carbocycles. The summed E-state index contributed by atoms with van der Waals surface area (Å²) in [7, 11) is 0. The maximum Gasteiger partial charge on any atom is 0.318 e. The van der Waals surface area contributed by atoms with Crippen LogP contribution in [-0.4, -0.2) is 5.97 Å². The molecule has 1 atom stereocenters. The number of aryl methyl sites for hydroxylation is 1. The van der Waals surface area contributed by atoms with Gasteiger partial charge in [-0.25, -0.2) is 0 Å². The van der Waals surface area contributed by atoms with E-state index >= 15 is 0 Å². The quantitative estimate of drug-likeness (QED) is 0.536. The van der Waals surface area contributed by atoms with E-state index in [1.165, 1.54) is 17.5 Å². The van der Waals surface area contributed by atoms with Crippen molar-refractivity contribution in [3.05, 3.63) is 75.8 Å². The summed E-state index contributed by atoms with van der Waals surface area (Å²) < 4.78 is 6.95. The molecule has 0 amide bonds. The zero-order chi connectivity index (χ0) is 18.1. The number of carbonyl (C=O) groups is 1. The summed E-state index contributed by atoms with van der Waals surface area (Å²) in [6.45, 7) is 2.06. The fourth-order valence-electron chi connectivity index (χ4n) is 4.33. The van der Waals surface area contributed by atoms with Crippen molar-refractivity contribution in [2.45, 2.75) is 44.9 Å². The molecule has 2 nitrogen and oxygen atoms in total. The lowest BCUT2D eigenvalue weighted by Crippen LogP contribution is -2.42. The number of ether oxygens (including phenoxy) is 1. The van der Waals surface area contributed by atoms with Crippen molar-refractivity contribution < 1.29 is 9.53 Å². The molecule has 1 heterocycles. The van der Waals surface area contributed by atoms with Gasteiger partial charge in [0.25, 0.3) is 0 Å². The molecule has 26 heavy (non-hydrogen) atoms. The van der Waals surface area contributed by atoms with Gasteiger partial charge in [0.05, 0.1) is 5.41 Å². The first-order valence-corrected chi connectivity index (χ1v) is 10.1. The van der Waals surface area contributed by atoms with Crippen LogP contribution in [0.3, 0.4) is 0 Å². The SMILES string of the molecule is Cc1ccc(C2=CC(c3ccc(Br)cc3)C3(CCCCC3)C(=O)O2)cc1. The van der Waals surface area contributed by atoms with E-state index < -0.39 is 5.41 Å². The van der Waals surface area contributed by atoms with Crippen LogP contribution < -0.4 is 0 Å². The summed E-state index contributed by atoms with van der Waals surface area (Å²) in [5.41, 5.74) is 2.94. The Hall–Kier alpha value is -1.87. The summed E-state index contributed by atoms with van der Waals surface area (Å²) in [6, 6.07) is 16.6. The summed E-state index contributed by atoms with van der Waals surface area (Å²) >= 11 is 3.52. The van der Waals surface area contributed by atoms with Crippen LogP contribution in [0.1, 0.15) is 54.7 Å². The van der Waals surface area contributed by atoms with E-state index in [0.717, 1.165) is 35.7 Å². The predicted molar refractivity (Wildman–Crippen MR) is 108 cm³/mol. The maximum absolute atomic E-state index is 13.2. The van der Waals surface area contributed by atoms with Crippen LogP contribution in [0, 0.1) is 12.3 Å². The zero-order valence-corrected chi connectivity index (χ0v) is 16.6. The molecular formula is C23H23BrO2. The molecule has 0 radical (unpaired) electrons. The summed E-state index contributed by atoms with van der Waals surface area (Å²) in [6.07, 6.45) is 7.39. The molecule has 0 bridgehead atoms. The molecule has 0 saturated heterocycles. The van der Waals surface area contributed by atoms with Crippen molar-refractivity contribution in [2.75, 3.05) is 0 Å². The summed E-state index contributed by atoms with van der Waals surface area (Å²) in [5, 5.41) is 0. The highest BCUT2D eigenvalue weighted by Crippen LogP contribution is 2.52. The van der Waals surface area contributed by atoms with E-state index in [4.69, 9.17) is 4.74 Å². The van der Waals surface area contributed by atoms with Gasteiger partial charge in [0.2, 0.25) is 0 Å². The highest BCUT2D eigenvalue weighted by Gasteiger charge is 2.50. The number of allylic oxidation sites excluding steroid dienone is 1. The van der Waals surface area contributed by atoms with E-state index in [0.29, 0.717) is 5.76 Å². The Morgan fingerprint density at radius 1 is 0.962 bits per heavy atom. The Labute approximate surface area is 163 Å². The van der Waals surface area contributed by atoms with Gasteiger partial charge in [0.15, 0.2) is 0 Å². The van der Waals surface area contributed by atoms with Crippen LogP contribution in [0.5, 0.6) is 0 Å². The molecule has 134 valence electrons. The number of carbonyl (C=O) groups excluding carboxylic acids is 1. The summed E-state index contributed by atoms with van der Waals surface area (Å²) in [5.74, 6) is 0.704. The molecule has 3 heteroatoms. The first-order chi connectivity index (χ1) is 12.6. The second-order valence-electron chi connectivity index (χ2n) is 7.53. The molecule has 4 rings (SSSR count). The number of hydrogen-bond acceptors (Lipinski definition) is 2. The minimum absolute atomic E-state index is 0.0526. The number of esters is 1. The van der Waals surface area contributed by atoms with Gasteiger partial charge in [-0.2, -0.15) is 0 Å². The van der Waals surface area contributed by atoms with Crippen LogP contribution in [0.4, 0.5) is 0 Å². The van der Waals surface area contributed by atoms with Gasteiger partial charge < -0.3 is 4.74 Å². The monoisotopic (exact) mass is 410 g/mol. The first-order valence-electron chi connectivity index (χ1n) is 9.35. The van der Waals surface area contributed by atoms with Gasteiger partial charge in [-0.3, -0.25) is 4.79 Å². The third-order valence-electron chi connectivity index (χ3n) is 5.83. The van der Waals surface area contributed by atoms with Crippen molar-refractivity contribution >= 4 is 27.7 Å². The molecule has 1 aliphatic heterocycles. The second-order valence-corrected chi connectivity index (χ2v) is 8.45. The molecule has 2 aromatic carbocycles. The molecule has 1 unspecified atom stereocenters. The number of benzene rings is 2. The van der Waals surface area contributed by atoms with Crippen LogP contribution in [0.2, 0.25) is 0 Å². The maximum atomic E-state index is 13.2. The van der Waals surface area contributed by atoms with Crippen molar-refractivity contribution in [2.24, 2.45) is 5.41 Å². The average Bonchev–Trinajstić information content (AvgIpc) is 2.66. The number of cyclic esters (lactones) is 1. The van der Waals surface area contributed by atoms with Gasteiger partial charge >= 0.3 is 5.97 Å². The largest absolute Gasteiger partial charge is 0.426 e. The van der Waals surface area contributed by atoms with E-state index in [1.54, 1.807) is 0 Å². The van der Waals surface area contributed by atoms with Gasteiger partial charge in [-0.15, -0.1) is 0 Å². The lowest BCUT2D eigenvalue weighted by Gasteiger charge is -2.43. The highest BCUT2D eigenvalue weighted by molar-refractivity contribution is 9.10. The Kier molecular flexibility index (Phi) is 4.74. The molecule has 0 N–H and O–H groups in total. The normalized spacial score (nSPS) is 22.0. The zero-order valence-electron chi connectivity index (χ0n) is 15.0. The Morgan fingerprint density at radius 2 is 1.62 bits per heavy atom. The Morgan fingerprint density at radius 3 is 2.27 bits per heavy atom. The molecule has 1 spiro atoms. The second kappa shape index (κ2) is 7.03. The smallest absolute Gasteiger partial charge is 0.318 e. The van der Waals surface area contributed by atoms with E-state index in [2.05, 4.69) is 65.3 Å². The highest BCUT2D eigenvalue weighted by atomic mass is 79.9. The fourth-order valence-corrected chi connectivity index (χ4v) is 4.59. The number of rotatable bonds is 2. The topological polar surface area (TPSA) is 26.3 Å². The van der Waals surface area contributed by atoms with Crippen LogP contribution in [0.25, 0.3) is 5.76 Å². The molecule has 1 fully saturated rings. The van der Waals surface area contributed by atoms with Crippen molar-refractivity contribution in [3.63, 3.8) is 0 Å². The van der Waals surface area contributed by atoms with Crippen molar-refractivity contribution in [1.82, 2.24) is 0 Å². The van der Waals surface area contributed by atoms with Crippen LogP contribution >= 0.6 is 15.9 Å². The Bertz CT molecular complexity index is 828. The van der Waals surface area contributed by atoms with E-state index in [-0.39, 0.29) is 11.9 Å². The molecule has 0 aromatic heterocycles. The van der Waals surface area contributed by atoms with Crippen molar-refractivity contribution in [1.29, 1.82) is 0 Å². The van der Waals surface area contributed by atoms with E-state index in [9.17, 15) is 4.79 Å². The van der Waals surface area contributed by atoms with Gasteiger partial charge in [-0.1, -0.05) is 77.2 Å². The van der Waals surface area contributed by atoms with Crippen LogP contribution in [0.15, 0.2) is 59.1 Å². The summed E-state index contributed by atoms with van der Waals surface area (Å²) in [4.78, 5) is 13.2. The molecule has 1 aliphatic carbocycles. The van der Waals surface area contributed by atoms with Gasteiger partial charge in [0, 0.05) is 16.0 Å². The Balaban J connectivity index is 1.81. The third kappa shape index (κ3) is 3.14. The van der Waals surface area contributed by atoms with Gasteiger partial charge in [-0.05, 0) is 43.5 Å². The number of hydrogen-bond donors (Lipinski definition) is 0. The molecule has 2 aromatic rings. The van der Waals surface area contributed by atoms with E-state index in [1.807, 2.05) is 12.1 Å². The number of halogens is 1. The minimum atomic E-state index is -0.416. The average molecular weight is 411 g/mol. The first kappa shape index (κ1) is 17.5.